The van der Waals surface area contributed by atoms with Crippen molar-refractivity contribution in [2.45, 2.75) is 24.1 Å². The lowest BCUT2D eigenvalue weighted by Crippen LogP contribution is -2.41. The molecule has 1 N–H and O–H groups in total. The van der Waals surface area contributed by atoms with Crippen molar-refractivity contribution in [3.8, 4) is 5.75 Å². The summed E-state index contributed by atoms with van der Waals surface area (Å²) in [4.78, 5) is 23.3. The summed E-state index contributed by atoms with van der Waals surface area (Å²) in [5.41, 5.74) is 0.459. The molecule has 0 aliphatic carbocycles. The number of carbonyl (C=O) groups excluding carboxylic acids is 2. The van der Waals surface area contributed by atoms with Crippen molar-refractivity contribution >= 4 is 38.9 Å². The lowest BCUT2D eigenvalue weighted by molar-refractivity contribution is -0.147. The van der Waals surface area contributed by atoms with Gasteiger partial charge in [-0.1, -0.05) is 6.07 Å². The lowest BCUT2D eigenvalue weighted by Gasteiger charge is -2.18. The molecule has 0 aliphatic rings. The third-order valence-corrected chi connectivity index (χ3v) is 6.86. The summed E-state index contributed by atoms with van der Waals surface area (Å²) in [5, 5.41) is 4.17. The van der Waals surface area contributed by atoms with E-state index in [-0.39, 0.29) is 17.4 Å². The Morgan fingerprint density at radius 3 is 2.46 bits per heavy atom. The molecule has 2 rings (SSSR count). The topological polar surface area (TPSA) is 102 Å². The quantitative estimate of drug-likeness (QED) is 0.616. The molecule has 8 nitrogen and oxygen atoms in total. The maximum absolute atomic E-state index is 12.5. The molecule has 0 radical (unpaired) electrons. The molecule has 1 amide bonds. The van der Waals surface area contributed by atoms with Crippen molar-refractivity contribution in [2.24, 2.45) is 0 Å². The van der Waals surface area contributed by atoms with E-state index in [4.69, 9.17) is 9.47 Å². The second-order valence-corrected chi connectivity index (χ2v) is 8.87. The van der Waals surface area contributed by atoms with Crippen molar-refractivity contribution in [1.82, 2.24) is 5.32 Å². The summed E-state index contributed by atoms with van der Waals surface area (Å²) < 4.78 is 36.6. The number of benzene rings is 1. The minimum Gasteiger partial charge on any atom is -0.484 e. The number of sulfonamides is 1. The van der Waals surface area contributed by atoms with Crippen LogP contribution in [0, 0.1) is 0 Å². The van der Waals surface area contributed by atoms with Crippen molar-refractivity contribution in [3.05, 3.63) is 41.8 Å². The smallest absolute Gasteiger partial charge is 0.328 e. The fraction of sp³-hybridized carbons (Fsp3) is 0.333. The van der Waals surface area contributed by atoms with Crippen LogP contribution >= 0.6 is 11.3 Å². The van der Waals surface area contributed by atoms with E-state index in [0.29, 0.717) is 11.4 Å². The van der Waals surface area contributed by atoms with Gasteiger partial charge in [-0.3, -0.25) is 9.10 Å². The molecular weight excluding hydrogens is 404 g/mol. The SMILES string of the molecule is CCOC(=O)C(C)NC(=O)COc1ccc(N(C)S(=O)(=O)c2cccs2)cc1. The van der Waals surface area contributed by atoms with Crippen LogP contribution in [0.25, 0.3) is 0 Å². The third-order valence-electron chi connectivity index (χ3n) is 3.70. The Morgan fingerprint density at radius 2 is 1.89 bits per heavy atom. The molecule has 2 aromatic rings. The number of nitrogens with zero attached hydrogens (tertiary/aromatic N) is 1. The largest absolute Gasteiger partial charge is 0.484 e. The van der Waals surface area contributed by atoms with E-state index in [2.05, 4.69) is 5.32 Å². The van der Waals surface area contributed by atoms with E-state index in [1.807, 2.05) is 0 Å². The van der Waals surface area contributed by atoms with Gasteiger partial charge in [0.05, 0.1) is 12.3 Å². The predicted molar refractivity (Wildman–Crippen MR) is 106 cm³/mol. The molecule has 1 aromatic heterocycles. The fourth-order valence-electron chi connectivity index (χ4n) is 2.19. The van der Waals surface area contributed by atoms with E-state index in [0.717, 1.165) is 11.3 Å². The summed E-state index contributed by atoms with van der Waals surface area (Å²) in [5.74, 6) is -0.596. The second-order valence-electron chi connectivity index (χ2n) is 5.73. The fourth-order valence-corrected chi connectivity index (χ4v) is 4.55. The Morgan fingerprint density at radius 1 is 1.21 bits per heavy atom. The zero-order valence-electron chi connectivity index (χ0n) is 15.7. The molecule has 1 aromatic carbocycles. The Hall–Kier alpha value is -2.59. The number of anilines is 1. The minimum absolute atomic E-state index is 0.235. The molecule has 0 bridgehead atoms. The highest BCUT2D eigenvalue weighted by molar-refractivity contribution is 7.94. The number of nitrogens with one attached hydrogen (secondary N) is 1. The summed E-state index contributed by atoms with van der Waals surface area (Å²) in [6, 6.07) is 8.75. The first-order valence-corrected chi connectivity index (χ1v) is 10.8. The molecule has 1 heterocycles. The van der Waals surface area contributed by atoms with Crippen LogP contribution in [0.5, 0.6) is 5.75 Å². The van der Waals surface area contributed by atoms with Gasteiger partial charge in [-0.25, -0.2) is 13.2 Å². The second kappa shape index (κ2) is 9.56. The molecule has 0 fully saturated rings. The first-order valence-electron chi connectivity index (χ1n) is 8.47. The van der Waals surface area contributed by atoms with Crippen molar-refractivity contribution in [3.63, 3.8) is 0 Å². The van der Waals surface area contributed by atoms with E-state index in [1.54, 1.807) is 48.7 Å². The number of amides is 1. The maximum Gasteiger partial charge on any atom is 0.328 e. The highest BCUT2D eigenvalue weighted by atomic mass is 32.2. The lowest BCUT2D eigenvalue weighted by atomic mass is 10.3. The predicted octanol–water partition coefficient (Wildman–Crippen LogP) is 2.02. The number of ether oxygens (including phenoxy) is 2. The van der Waals surface area contributed by atoms with Crippen LogP contribution in [0.15, 0.2) is 46.0 Å². The van der Waals surface area contributed by atoms with Crippen molar-refractivity contribution in [1.29, 1.82) is 0 Å². The van der Waals surface area contributed by atoms with E-state index in [9.17, 15) is 18.0 Å². The van der Waals surface area contributed by atoms with Gasteiger partial charge < -0.3 is 14.8 Å². The highest BCUT2D eigenvalue weighted by Gasteiger charge is 2.22. The van der Waals surface area contributed by atoms with Crippen LogP contribution in [0.2, 0.25) is 0 Å². The molecule has 0 aliphatic heterocycles. The zero-order valence-corrected chi connectivity index (χ0v) is 17.4. The van der Waals surface area contributed by atoms with Gasteiger partial charge in [0.2, 0.25) is 0 Å². The van der Waals surface area contributed by atoms with Gasteiger partial charge in [-0.15, -0.1) is 11.3 Å². The van der Waals surface area contributed by atoms with Gasteiger partial charge in [-0.05, 0) is 49.6 Å². The number of carbonyl (C=O) groups is 2. The molecule has 0 saturated carbocycles. The monoisotopic (exact) mass is 426 g/mol. The van der Waals surface area contributed by atoms with E-state index in [1.165, 1.54) is 18.3 Å². The number of hydrogen-bond donors (Lipinski definition) is 1. The molecule has 10 heteroatoms. The number of hydrogen-bond acceptors (Lipinski definition) is 7. The molecular formula is C18H22N2O6S2. The Balaban J connectivity index is 1.92. The van der Waals surface area contributed by atoms with Crippen LogP contribution in [-0.4, -0.2) is 46.6 Å². The van der Waals surface area contributed by atoms with E-state index < -0.39 is 27.9 Å². The van der Waals surface area contributed by atoms with E-state index >= 15 is 0 Å². The molecule has 1 unspecified atom stereocenters. The highest BCUT2D eigenvalue weighted by Crippen LogP contribution is 2.26. The van der Waals surface area contributed by atoms with Gasteiger partial charge >= 0.3 is 5.97 Å². The Bertz CT molecular complexity index is 895. The maximum atomic E-state index is 12.5. The van der Waals surface area contributed by atoms with Crippen LogP contribution in [0.1, 0.15) is 13.8 Å². The van der Waals surface area contributed by atoms with Crippen LogP contribution < -0.4 is 14.4 Å². The van der Waals surface area contributed by atoms with Crippen molar-refractivity contribution < 1.29 is 27.5 Å². The van der Waals surface area contributed by atoms with Gasteiger partial charge in [0.1, 0.15) is 16.0 Å². The molecule has 0 saturated heterocycles. The summed E-state index contributed by atoms with van der Waals surface area (Å²) >= 11 is 1.15. The van der Waals surface area contributed by atoms with Gasteiger partial charge in [0.25, 0.3) is 15.9 Å². The number of thiophene rings is 1. The van der Waals surface area contributed by atoms with Gasteiger partial charge in [0, 0.05) is 7.05 Å². The first-order chi connectivity index (χ1) is 13.3. The molecule has 28 heavy (non-hydrogen) atoms. The van der Waals surface area contributed by atoms with Crippen LogP contribution in [0.3, 0.4) is 0 Å². The average molecular weight is 427 g/mol. The van der Waals surface area contributed by atoms with Crippen LogP contribution in [0.4, 0.5) is 5.69 Å². The summed E-state index contributed by atoms with van der Waals surface area (Å²) in [6.07, 6.45) is 0. The average Bonchev–Trinajstić information content (AvgIpc) is 3.22. The standard InChI is InChI=1S/C18H22N2O6S2/c1-4-25-18(22)13(2)19-16(21)12-26-15-9-7-14(8-10-15)20(3)28(23,24)17-6-5-11-27-17/h5-11,13H,4,12H2,1-3H3,(H,19,21). The number of rotatable bonds is 9. The minimum atomic E-state index is -3.61. The summed E-state index contributed by atoms with van der Waals surface area (Å²) in [7, 11) is -2.14. The number of esters is 1. The Labute approximate surface area is 168 Å². The van der Waals surface area contributed by atoms with Crippen LogP contribution in [-0.2, 0) is 24.3 Å². The molecule has 0 spiro atoms. The van der Waals surface area contributed by atoms with Crippen molar-refractivity contribution in [2.75, 3.05) is 24.6 Å². The third kappa shape index (κ3) is 5.46. The zero-order chi connectivity index (χ0) is 20.7. The molecule has 1 atom stereocenters. The normalized spacial score (nSPS) is 12.1. The van der Waals surface area contributed by atoms with Gasteiger partial charge in [0.15, 0.2) is 6.61 Å². The Kier molecular flexibility index (Phi) is 7.41. The summed E-state index contributed by atoms with van der Waals surface area (Å²) in [6.45, 7) is 3.15. The first kappa shape index (κ1) is 21.7. The molecule has 152 valence electrons. The van der Waals surface area contributed by atoms with Gasteiger partial charge in [-0.2, -0.15) is 0 Å².